The van der Waals surface area contributed by atoms with E-state index < -0.39 is 0 Å². The molecule has 5 heteroatoms. The Balaban J connectivity index is 1.84. The van der Waals surface area contributed by atoms with E-state index in [1.807, 2.05) is 41.2 Å². The zero-order valence-corrected chi connectivity index (χ0v) is 14.8. The summed E-state index contributed by atoms with van der Waals surface area (Å²) in [5.74, 6) is 0.796. The summed E-state index contributed by atoms with van der Waals surface area (Å²) in [6.07, 6.45) is 5.04. The van der Waals surface area contributed by atoms with Gasteiger partial charge in [-0.15, -0.1) is 22.8 Å². The molecule has 4 aromatic rings. The molecule has 0 saturated heterocycles. The highest BCUT2D eigenvalue weighted by Gasteiger charge is 2.14. The third-order valence-electron chi connectivity index (χ3n) is 4.23. The van der Waals surface area contributed by atoms with Crippen LogP contribution in [-0.2, 0) is 6.42 Å². The zero-order chi connectivity index (χ0) is 17.2. The lowest BCUT2D eigenvalue weighted by Crippen LogP contribution is -2.00. The highest BCUT2D eigenvalue weighted by atomic mass is 32.1. The second kappa shape index (κ2) is 6.61. The molecule has 0 bridgehead atoms. The summed E-state index contributed by atoms with van der Waals surface area (Å²) in [7, 11) is 0. The fraction of sp³-hybridized carbons (Fsp3) is 0.100. The van der Waals surface area contributed by atoms with Gasteiger partial charge in [0.25, 0.3) is 0 Å². The van der Waals surface area contributed by atoms with Crippen LogP contribution in [0.25, 0.3) is 22.8 Å². The Kier molecular flexibility index (Phi) is 4.15. The van der Waals surface area contributed by atoms with Gasteiger partial charge in [0.15, 0.2) is 11.0 Å². The third kappa shape index (κ3) is 2.98. The maximum absolute atomic E-state index is 4.52. The average Bonchev–Trinajstić information content (AvgIpc) is 3.32. The fourth-order valence-corrected chi connectivity index (χ4v) is 3.19. The number of hydrogen-bond donors (Lipinski definition) is 1. The van der Waals surface area contributed by atoms with Crippen LogP contribution in [0.2, 0.25) is 0 Å². The smallest absolute Gasteiger partial charge is 0.193 e. The van der Waals surface area contributed by atoms with E-state index in [1.165, 1.54) is 5.56 Å². The maximum atomic E-state index is 4.52. The van der Waals surface area contributed by atoms with Crippen LogP contribution >= 0.6 is 12.6 Å². The normalized spacial score (nSPS) is 11.0. The van der Waals surface area contributed by atoms with Crippen molar-refractivity contribution in [3.63, 3.8) is 0 Å². The summed E-state index contributed by atoms with van der Waals surface area (Å²) in [6, 6.07) is 20.7. The zero-order valence-electron chi connectivity index (χ0n) is 13.9. The van der Waals surface area contributed by atoms with Gasteiger partial charge in [0.2, 0.25) is 0 Å². The molecule has 0 N–H and O–H groups in total. The monoisotopic (exact) mass is 346 g/mol. The van der Waals surface area contributed by atoms with Crippen molar-refractivity contribution in [2.45, 2.75) is 18.5 Å². The molecule has 0 radical (unpaired) electrons. The number of hydrogen-bond acceptors (Lipinski definition) is 3. The van der Waals surface area contributed by atoms with Crippen LogP contribution in [0.4, 0.5) is 0 Å². The molecule has 0 amide bonds. The number of aromatic nitrogens is 4. The van der Waals surface area contributed by atoms with Gasteiger partial charge in [0.1, 0.15) is 0 Å². The van der Waals surface area contributed by atoms with Gasteiger partial charge < -0.3 is 4.57 Å². The molecule has 0 atom stereocenters. The van der Waals surface area contributed by atoms with E-state index in [0.717, 1.165) is 29.2 Å². The van der Waals surface area contributed by atoms with E-state index in [1.54, 1.807) is 0 Å². The van der Waals surface area contributed by atoms with Crippen molar-refractivity contribution in [3.8, 4) is 22.8 Å². The minimum atomic E-state index is 0.571. The van der Waals surface area contributed by atoms with Gasteiger partial charge >= 0.3 is 0 Å². The summed E-state index contributed by atoms with van der Waals surface area (Å²) in [6.45, 7) is 2.15. The number of aryl methyl sites for hydroxylation is 1. The summed E-state index contributed by atoms with van der Waals surface area (Å²) in [5, 5.41) is 9.12. The molecule has 2 heterocycles. The highest BCUT2D eigenvalue weighted by Crippen LogP contribution is 2.26. The van der Waals surface area contributed by atoms with Gasteiger partial charge in [-0.3, -0.25) is 4.57 Å². The molecular formula is C20H18N4S. The first-order chi connectivity index (χ1) is 12.3. The molecule has 2 aromatic heterocycles. The van der Waals surface area contributed by atoms with E-state index in [9.17, 15) is 0 Å². The molecule has 0 aliphatic rings. The Hall–Kier alpha value is -2.79. The van der Waals surface area contributed by atoms with Gasteiger partial charge in [-0.05, 0) is 48.4 Å². The number of thiol groups is 1. The molecule has 0 aliphatic heterocycles. The van der Waals surface area contributed by atoms with Crippen LogP contribution in [0.1, 0.15) is 12.5 Å². The topological polar surface area (TPSA) is 35.6 Å². The molecule has 4 rings (SSSR count). The molecular weight excluding hydrogens is 328 g/mol. The molecule has 0 unspecified atom stereocenters. The molecule has 0 saturated carbocycles. The van der Waals surface area contributed by atoms with Gasteiger partial charge in [0, 0.05) is 23.6 Å². The lowest BCUT2D eigenvalue weighted by molar-refractivity contribution is 0.890. The number of rotatable bonds is 4. The highest BCUT2D eigenvalue weighted by molar-refractivity contribution is 7.80. The standard InChI is InChI=1S/C20H18N4S/c1-2-15-7-5-8-16(13-15)19-21-22-20(25)24(19)18-10-6-9-17(14-18)23-11-3-4-12-23/h3-14H,2H2,1H3,(H,22,25). The maximum Gasteiger partial charge on any atom is 0.193 e. The lowest BCUT2D eigenvalue weighted by Gasteiger charge is -2.11. The lowest BCUT2D eigenvalue weighted by atomic mass is 10.1. The Bertz CT molecular complexity index is 1000. The quantitative estimate of drug-likeness (QED) is 0.549. The van der Waals surface area contributed by atoms with Crippen molar-refractivity contribution in [2.24, 2.45) is 0 Å². The molecule has 2 aromatic carbocycles. The van der Waals surface area contributed by atoms with Gasteiger partial charge in [-0.1, -0.05) is 31.2 Å². The Morgan fingerprint density at radius 2 is 1.64 bits per heavy atom. The molecule has 4 nitrogen and oxygen atoms in total. The fourth-order valence-electron chi connectivity index (χ4n) is 2.93. The van der Waals surface area contributed by atoms with Crippen LogP contribution in [0, 0.1) is 0 Å². The Morgan fingerprint density at radius 1 is 0.880 bits per heavy atom. The second-order valence-corrected chi connectivity index (χ2v) is 6.22. The summed E-state index contributed by atoms with van der Waals surface area (Å²) < 4.78 is 4.05. The van der Waals surface area contributed by atoms with Crippen molar-refractivity contribution < 1.29 is 0 Å². The van der Waals surface area contributed by atoms with E-state index in [-0.39, 0.29) is 0 Å². The van der Waals surface area contributed by atoms with E-state index >= 15 is 0 Å². The van der Waals surface area contributed by atoms with Gasteiger partial charge in [0.05, 0.1) is 5.69 Å². The molecule has 124 valence electrons. The van der Waals surface area contributed by atoms with Crippen molar-refractivity contribution >= 4 is 12.6 Å². The van der Waals surface area contributed by atoms with Crippen molar-refractivity contribution in [2.75, 3.05) is 0 Å². The SMILES string of the molecule is CCc1cccc(-c2nnc(S)n2-c2cccc(-n3cccc3)c2)c1. The van der Waals surface area contributed by atoms with Crippen molar-refractivity contribution in [1.29, 1.82) is 0 Å². The first-order valence-electron chi connectivity index (χ1n) is 8.24. The van der Waals surface area contributed by atoms with Gasteiger partial charge in [-0.25, -0.2) is 0 Å². The van der Waals surface area contributed by atoms with Crippen molar-refractivity contribution in [1.82, 2.24) is 19.3 Å². The Morgan fingerprint density at radius 3 is 2.44 bits per heavy atom. The van der Waals surface area contributed by atoms with E-state index in [0.29, 0.717) is 5.16 Å². The molecule has 25 heavy (non-hydrogen) atoms. The van der Waals surface area contributed by atoms with E-state index in [2.05, 4.69) is 70.7 Å². The molecule has 0 aliphatic carbocycles. The number of benzene rings is 2. The minimum absolute atomic E-state index is 0.571. The first-order valence-corrected chi connectivity index (χ1v) is 8.68. The molecule has 0 spiro atoms. The second-order valence-electron chi connectivity index (χ2n) is 5.82. The van der Waals surface area contributed by atoms with Crippen LogP contribution in [0.15, 0.2) is 78.2 Å². The summed E-state index contributed by atoms with van der Waals surface area (Å²) >= 11 is 4.52. The minimum Gasteiger partial charge on any atom is -0.324 e. The van der Waals surface area contributed by atoms with Crippen molar-refractivity contribution in [3.05, 3.63) is 78.6 Å². The predicted molar refractivity (Wildman–Crippen MR) is 103 cm³/mol. The van der Waals surface area contributed by atoms with Crippen LogP contribution in [0.5, 0.6) is 0 Å². The third-order valence-corrected chi connectivity index (χ3v) is 4.52. The van der Waals surface area contributed by atoms with Gasteiger partial charge in [-0.2, -0.15) is 0 Å². The van der Waals surface area contributed by atoms with Crippen LogP contribution < -0.4 is 0 Å². The van der Waals surface area contributed by atoms with Crippen LogP contribution in [0.3, 0.4) is 0 Å². The predicted octanol–water partition coefficient (Wildman–Crippen LogP) is 4.58. The average molecular weight is 346 g/mol. The largest absolute Gasteiger partial charge is 0.324 e. The van der Waals surface area contributed by atoms with Crippen LogP contribution in [-0.4, -0.2) is 19.3 Å². The molecule has 0 fully saturated rings. The number of nitrogens with zero attached hydrogens (tertiary/aromatic N) is 4. The van der Waals surface area contributed by atoms with E-state index in [4.69, 9.17) is 0 Å². The Labute approximate surface area is 152 Å². The summed E-state index contributed by atoms with van der Waals surface area (Å²) in [5.41, 5.74) is 4.38. The first kappa shape index (κ1) is 15.7. The summed E-state index contributed by atoms with van der Waals surface area (Å²) in [4.78, 5) is 0.